The van der Waals surface area contributed by atoms with Crippen LogP contribution in [0.1, 0.15) is 6.42 Å². The summed E-state index contributed by atoms with van der Waals surface area (Å²) in [5, 5.41) is 3.74. The van der Waals surface area contributed by atoms with Gasteiger partial charge in [-0.1, -0.05) is 41.9 Å². The van der Waals surface area contributed by atoms with Crippen molar-refractivity contribution in [2.75, 3.05) is 32.5 Å². The van der Waals surface area contributed by atoms with E-state index in [4.69, 9.17) is 11.6 Å². The van der Waals surface area contributed by atoms with Gasteiger partial charge in [0.05, 0.1) is 0 Å². The first-order chi connectivity index (χ1) is 9.65. The van der Waals surface area contributed by atoms with Gasteiger partial charge in [0.25, 0.3) is 0 Å². The largest absolute Gasteiger partial charge is 0.370 e. The highest BCUT2D eigenvalue weighted by Crippen LogP contribution is 2.19. The van der Waals surface area contributed by atoms with E-state index in [1.165, 1.54) is 0 Å². The molecule has 0 aliphatic heterocycles. The fourth-order valence-electron chi connectivity index (χ4n) is 1.84. The van der Waals surface area contributed by atoms with Crippen LogP contribution in [-0.2, 0) is 0 Å². The minimum Gasteiger partial charge on any atom is -0.370 e. The maximum atomic E-state index is 6.06. The van der Waals surface area contributed by atoms with Crippen molar-refractivity contribution in [1.29, 1.82) is 0 Å². The van der Waals surface area contributed by atoms with Crippen LogP contribution in [0.3, 0.4) is 0 Å². The third-order valence-electron chi connectivity index (χ3n) is 2.82. The van der Waals surface area contributed by atoms with Crippen molar-refractivity contribution in [2.24, 2.45) is 0 Å². The van der Waals surface area contributed by atoms with Gasteiger partial charge in [-0.2, -0.15) is 0 Å². The first-order valence-electron chi connectivity index (χ1n) is 6.64. The molecule has 0 amide bonds. The zero-order valence-electron chi connectivity index (χ0n) is 11.8. The lowest BCUT2D eigenvalue weighted by atomic mass is 10.2. The molecule has 0 saturated carbocycles. The molecule has 0 radical (unpaired) electrons. The lowest BCUT2D eigenvalue weighted by molar-refractivity contribution is 0.405. The molecule has 1 N–H and O–H groups in total. The number of anilines is 1. The molecule has 0 aliphatic rings. The fourth-order valence-corrected chi connectivity index (χ4v) is 2.02. The Labute approximate surface area is 124 Å². The first kappa shape index (κ1) is 14.8. The molecular weight excluding hydrogens is 272 g/mol. The van der Waals surface area contributed by atoms with Crippen LogP contribution in [0.5, 0.6) is 0 Å². The Hall–Kier alpha value is -1.65. The molecule has 0 saturated heterocycles. The minimum atomic E-state index is 0.453. The normalized spacial score (nSPS) is 10.8. The third-order valence-corrected chi connectivity index (χ3v) is 3.01. The summed E-state index contributed by atoms with van der Waals surface area (Å²) in [6.45, 7) is 1.90. The van der Waals surface area contributed by atoms with Crippen molar-refractivity contribution in [3.63, 3.8) is 0 Å². The van der Waals surface area contributed by atoms with E-state index in [1.54, 1.807) is 6.07 Å². The predicted octanol–water partition coefficient (Wildman–Crippen LogP) is 3.16. The molecule has 1 aromatic carbocycles. The molecule has 0 spiro atoms. The zero-order chi connectivity index (χ0) is 14.4. The maximum absolute atomic E-state index is 6.06. The number of benzene rings is 1. The van der Waals surface area contributed by atoms with E-state index in [1.807, 2.05) is 30.3 Å². The van der Waals surface area contributed by atoms with Crippen molar-refractivity contribution >= 4 is 17.4 Å². The van der Waals surface area contributed by atoms with Crippen LogP contribution in [0.4, 0.5) is 5.82 Å². The number of nitrogens with one attached hydrogen (secondary N) is 1. The van der Waals surface area contributed by atoms with Gasteiger partial charge in [0.15, 0.2) is 5.82 Å². The van der Waals surface area contributed by atoms with Gasteiger partial charge in [0.1, 0.15) is 11.0 Å². The van der Waals surface area contributed by atoms with E-state index in [9.17, 15) is 0 Å². The molecule has 5 heteroatoms. The van der Waals surface area contributed by atoms with Crippen LogP contribution in [0, 0.1) is 0 Å². The van der Waals surface area contributed by atoms with Gasteiger partial charge in [-0.25, -0.2) is 9.97 Å². The minimum absolute atomic E-state index is 0.453. The van der Waals surface area contributed by atoms with Crippen LogP contribution in [0.25, 0.3) is 11.4 Å². The van der Waals surface area contributed by atoms with Gasteiger partial charge in [0.2, 0.25) is 0 Å². The predicted molar refractivity (Wildman–Crippen MR) is 84.1 cm³/mol. The summed E-state index contributed by atoms with van der Waals surface area (Å²) in [6, 6.07) is 11.6. The van der Waals surface area contributed by atoms with E-state index in [2.05, 4.69) is 34.3 Å². The SMILES string of the molecule is CN(C)CCCNc1cc(Cl)nc(-c2ccccc2)n1. The summed E-state index contributed by atoms with van der Waals surface area (Å²) in [5.74, 6) is 1.41. The van der Waals surface area contributed by atoms with E-state index < -0.39 is 0 Å². The monoisotopic (exact) mass is 290 g/mol. The molecule has 0 fully saturated rings. The highest BCUT2D eigenvalue weighted by molar-refractivity contribution is 6.29. The summed E-state index contributed by atoms with van der Waals surface area (Å²) in [6.07, 6.45) is 1.05. The Balaban J connectivity index is 2.05. The van der Waals surface area contributed by atoms with E-state index in [0.29, 0.717) is 11.0 Å². The number of aromatic nitrogens is 2. The van der Waals surface area contributed by atoms with Crippen molar-refractivity contribution in [1.82, 2.24) is 14.9 Å². The quantitative estimate of drug-likeness (QED) is 0.655. The lowest BCUT2D eigenvalue weighted by Gasteiger charge is -2.11. The van der Waals surface area contributed by atoms with E-state index in [-0.39, 0.29) is 0 Å². The van der Waals surface area contributed by atoms with Crippen LogP contribution in [-0.4, -0.2) is 42.1 Å². The van der Waals surface area contributed by atoms with Crippen LogP contribution in [0.2, 0.25) is 5.15 Å². The summed E-state index contributed by atoms with van der Waals surface area (Å²) < 4.78 is 0. The van der Waals surface area contributed by atoms with Crippen molar-refractivity contribution in [3.05, 3.63) is 41.6 Å². The standard InChI is InChI=1S/C15H19ClN4/c1-20(2)10-6-9-17-14-11-13(16)18-15(19-14)12-7-4-3-5-8-12/h3-5,7-8,11H,6,9-10H2,1-2H3,(H,17,18,19). The molecule has 1 aromatic heterocycles. The number of rotatable bonds is 6. The first-order valence-corrected chi connectivity index (χ1v) is 7.01. The highest BCUT2D eigenvalue weighted by Gasteiger charge is 2.05. The van der Waals surface area contributed by atoms with E-state index in [0.717, 1.165) is 30.9 Å². The highest BCUT2D eigenvalue weighted by atomic mass is 35.5. The van der Waals surface area contributed by atoms with Gasteiger partial charge in [-0.15, -0.1) is 0 Å². The zero-order valence-corrected chi connectivity index (χ0v) is 12.6. The van der Waals surface area contributed by atoms with Gasteiger partial charge >= 0.3 is 0 Å². The molecule has 2 rings (SSSR count). The Morgan fingerprint density at radius 3 is 2.60 bits per heavy atom. The average Bonchev–Trinajstić information content (AvgIpc) is 2.44. The maximum Gasteiger partial charge on any atom is 0.163 e. The molecule has 20 heavy (non-hydrogen) atoms. The van der Waals surface area contributed by atoms with Gasteiger partial charge in [0, 0.05) is 18.2 Å². The molecule has 4 nitrogen and oxygen atoms in total. The van der Waals surface area contributed by atoms with Gasteiger partial charge in [-0.05, 0) is 27.1 Å². The molecule has 2 aromatic rings. The summed E-state index contributed by atoms with van der Waals surface area (Å²) >= 11 is 6.06. The van der Waals surface area contributed by atoms with Crippen LogP contribution < -0.4 is 5.32 Å². The van der Waals surface area contributed by atoms with Crippen LogP contribution >= 0.6 is 11.6 Å². The fraction of sp³-hybridized carbons (Fsp3) is 0.333. The Morgan fingerprint density at radius 1 is 1.15 bits per heavy atom. The average molecular weight is 291 g/mol. The molecule has 0 unspecified atom stereocenters. The van der Waals surface area contributed by atoms with Gasteiger partial charge < -0.3 is 10.2 Å². The molecule has 0 atom stereocenters. The second-order valence-electron chi connectivity index (χ2n) is 4.85. The van der Waals surface area contributed by atoms with Crippen LogP contribution in [0.15, 0.2) is 36.4 Å². The topological polar surface area (TPSA) is 41.0 Å². The number of hydrogen-bond acceptors (Lipinski definition) is 4. The number of nitrogens with zero attached hydrogens (tertiary/aromatic N) is 3. The molecule has 0 aliphatic carbocycles. The summed E-state index contributed by atoms with van der Waals surface area (Å²) in [5.41, 5.74) is 0.964. The summed E-state index contributed by atoms with van der Waals surface area (Å²) in [4.78, 5) is 10.9. The Morgan fingerprint density at radius 2 is 1.90 bits per heavy atom. The van der Waals surface area contributed by atoms with Gasteiger partial charge in [-0.3, -0.25) is 0 Å². The molecule has 0 bridgehead atoms. The number of hydrogen-bond donors (Lipinski definition) is 1. The molecular formula is C15H19ClN4. The van der Waals surface area contributed by atoms with Crippen molar-refractivity contribution < 1.29 is 0 Å². The second-order valence-corrected chi connectivity index (χ2v) is 5.24. The molecule has 106 valence electrons. The Bertz CT molecular complexity index is 543. The molecule has 1 heterocycles. The Kier molecular flexibility index (Phi) is 5.32. The van der Waals surface area contributed by atoms with Crippen molar-refractivity contribution in [3.8, 4) is 11.4 Å². The lowest BCUT2D eigenvalue weighted by Crippen LogP contribution is -2.16. The smallest absolute Gasteiger partial charge is 0.163 e. The summed E-state index contributed by atoms with van der Waals surface area (Å²) in [7, 11) is 4.13. The number of halogens is 1. The van der Waals surface area contributed by atoms with Crippen molar-refractivity contribution in [2.45, 2.75) is 6.42 Å². The van der Waals surface area contributed by atoms with E-state index >= 15 is 0 Å². The third kappa shape index (κ3) is 4.47. The second kappa shape index (κ2) is 7.22.